The van der Waals surface area contributed by atoms with Crippen molar-refractivity contribution in [2.75, 3.05) is 27.3 Å². The van der Waals surface area contributed by atoms with Gasteiger partial charge in [-0.05, 0) is 56.0 Å². The Bertz CT molecular complexity index is 428. The lowest BCUT2D eigenvalue weighted by Crippen LogP contribution is -2.27. The van der Waals surface area contributed by atoms with Gasteiger partial charge in [0.2, 0.25) is 0 Å². The summed E-state index contributed by atoms with van der Waals surface area (Å²) in [6.07, 6.45) is 2.24. The number of hydrogen-bond acceptors (Lipinski definition) is 3. The van der Waals surface area contributed by atoms with E-state index in [2.05, 4.69) is 12.2 Å². The van der Waals surface area contributed by atoms with Crippen molar-refractivity contribution in [2.45, 2.75) is 25.7 Å². The molecule has 1 aliphatic heterocycles. The second-order valence-electron chi connectivity index (χ2n) is 4.68. The average molecular weight is 270 g/mol. The third kappa shape index (κ3) is 2.43. The van der Waals surface area contributed by atoms with Crippen LogP contribution < -0.4 is 14.8 Å². The Morgan fingerprint density at radius 1 is 1.22 bits per heavy atom. The molecule has 1 N–H and O–H groups in total. The minimum atomic E-state index is 0.513. The maximum absolute atomic E-state index is 6.51. The van der Waals surface area contributed by atoms with Crippen LogP contribution in [0.5, 0.6) is 11.5 Å². The zero-order valence-electron chi connectivity index (χ0n) is 11.2. The highest BCUT2D eigenvalue weighted by Crippen LogP contribution is 2.44. The van der Waals surface area contributed by atoms with Crippen molar-refractivity contribution in [1.29, 1.82) is 0 Å². The van der Waals surface area contributed by atoms with Crippen molar-refractivity contribution in [3.05, 3.63) is 22.2 Å². The monoisotopic (exact) mass is 269 g/mol. The fourth-order valence-corrected chi connectivity index (χ4v) is 3.17. The van der Waals surface area contributed by atoms with Crippen LogP contribution in [0.15, 0.2) is 6.07 Å². The Hall–Kier alpha value is -0.930. The van der Waals surface area contributed by atoms with Crippen LogP contribution in [0.25, 0.3) is 0 Å². The zero-order valence-corrected chi connectivity index (χ0v) is 11.9. The average Bonchev–Trinajstić information content (AvgIpc) is 2.39. The highest BCUT2D eigenvalue weighted by atomic mass is 35.5. The summed E-state index contributed by atoms with van der Waals surface area (Å²) >= 11 is 6.51. The molecule has 18 heavy (non-hydrogen) atoms. The Balaban J connectivity index is 2.46. The third-order valence-electron chi connectivity index (χ3n) is 3.60. The second kappa shape index (κ2) is 5.81. The van der Waals surface area contributed by atoms with Crippen LogP contribution in [-0.2, 0) is 0 Å². The van der Waals surface area contributed by atoms with E-state index in [1.54, 1.807) is 14.2 Å². The third-order valence-corrected chi connectivity index (χ3v) is 3.98. The highest BCUT2D eigenvalue weighted by molar-refractivity contribution is 6.33. The first-order chi connectivity index (χ1) is 8.69. The van der Waals surface area contributed by atoms with E-state index in [1.807, 2.05) is 6.07 Å². The van der Waals surface area contributed by atoms with E-state index in [9.17, 15) is 0 Å². The highest BCUT2D eigenvalue weighted by Gasteiger charge is 2.24. The van der Waals surface area contributed by atoms with Gasteiger partial charge in [0.05, 0.1) is 19.2 Å². The summed E-state index contributed by atoms with van der Waals surface area (Å²) in [6, 6.07) is 2.02. The topological polar surface area (TPSA) is 30.5 Å². The summed E-state index contributed by atoms with van der Waals surface area (Å²) in [7, 11) is 3.27. The molecular weight excluding hydrogens is 250 g/mol. The fraction of sp³-hybridized carbons (Fsp3) is 0.571. The van der Waals surface area contributed by atoms with Gasteiger partial charge in [0, 0.05) is 0 Å². The molecule has 0 aliphatic carbocycles. The maximum atomic E-state index is 6.51. The van der Waals surface area contributed by atoms with Gasteiger partial charge < -0.3 is 14.8 Å². The molecule has 0 spiro atoms. The summed E-state index contributed by atoms with van der Waals surface area (Å²) in [5, 5.41) is 4.09. The largest absolute Gasteiger partial charge is 0.493 e. The van der Waals surface area contributed by atoms with Gasteiger partial charge in [-0.2, -0.15) is 0 Å². The number of hydrogen-bond donors (Lipinski definition) is 1. The SMILES string of the molecule is COc1cc(C)c(C2CCNCC2)c(Cl)c1OC. The number of aryl methyl sites for hydroxylation is 1. The van der Waals surface area contributed by atoms with Crippen molar-refractivity contribution < 1.29 is 9.47 Å². The van der Waals surface area contributed by atoms with Crippen molar-refractivity contribution in [3.8, 4) is 11.5 Å². The van der Waals surface area contributed by atoms with E-state index < -0.39 is 0 Å². The number of ether oxygens (including phenoxy) is 2. The maximum Gasteiger partial charge on any atom is 0.179 e. The summed E-state index contributed by atoms with van der Waals surface area (Å²) in [4.78, 5) is 0. The zero-order chi connectivity index (χ0) is 13.1. The van der Waals surface area contributed by atoms with Crippen LogP contribution in [0.1, 0.15) is 29.9 Å². The molecule has 1 aliphatic rings. The van der Waals surface area contributed by atoms with Crippen LogP contribution >= 0.6 is 11.6 Å². The Labute approximate surface area is 113 Å². The van der Waals surface area contributed by atoms with Gasteiger partial charge in [-0.1, -0.05) is 11.6 Å². The van der Waals surface area contributed by atoms with Crippen LogP contribution in [0.4, 0.5) is 0 Å². The van der Waals surface area contributed by atoms with E-state index in [1.165, 1.54) is 11.1 Å². The smallest absolute Gasteiger partial charge is 0.179 e. The van der Waals surface area contributed by atoms with Crippen LogP contribution in [0.2, 0.25) is 5.02 Å². The first-order valence-electron chi connectivity index (χ1n) is 6.30. The van der Waals surface area contributed by atoms with Crippen molar-refractivity contribution in [1.82, 2.24) is 5.32 Å². The Kier molecular flexibility index (Phi) is 4.36. The van der Waals surface area contributed by atoms with Crippen LogP contribution in [-0.4, -0.2) is 27.3 Å². The molecule has 3 nitrogen and oxygen atoms in total. The van der Waals surface area contributed by atoms with Crippen molar-refractivity contribution in [2.24, 2.45) is 0 Å². The molecule has 0 unspecified atom stereocenters. The predicted octanol–water partition coefficient (Wildman–Crippen LogP) is 3.13. The molecule has 1 aromatic carbocycles. The van der Waals surface area contributed by atoms with Crippen molar-refractivity contribution >= 4 is 11.6 Å². The molecular formula is C14H20ClNO2. The van der Waals surface area contributed by atoms with E-state index in [4.69, 9.17) is 21.1 Å². The van der Waals surface area contributed by atoms with Gasteiger partial charge in [-0.3, -0.25) is 0 Å². The molecule has 1 aromatic rings. The molecule has 0 amide bonds. The fourth-order valence-electron chi connectivity index (χ4n) is 2.70. The minimum Gasteiger partial charge on any atom is -0.493 e. The summed E-state index contributed by atoms with van der Waals surface area (Å²) in [5.41, 5.74) is 2.40. The molecule has 0 bridgehead atoms. The molecule has 100 valence electrons. The molecule has 2 rings (SSSR count). The molecule has 0 radical (unpaired) electrons. The quantitative estimate of drug-likeness (QED) is 0.915. The number of piperidine rings is 1. The van der Waals surface area contributed by atoms with E-state index in [-0.39, 0.29) is 0 Å². The lowest BCUT2D eigenvalue weighted by molar-refractivity contribution is 0.353. The van der Waals surface area contributed by atoms with Gasteiger partial charge in [0.1, 0.15) is 0 Å². The minimum absolute atomic E-state index is 0.513. The molecule has 4 heteroatoms. The number of halogens is 1. The molecule has 1 saturated heterocycles. The second-order valence-corrected chi connectivity index (χ2v) is 5.06. The van der Waals surface area contributed by atoms with Gasteiger partial charge in [-0.15, -0.1) is 0 Å². The molecule has 1 heterocycles. The Morgan fingerprint density at radius 2 is 1.89 bits per heavy atom. The lowest BCUT2D eigenvalue weighted by atomic mass is 9.87. The van der Waals surface area contributed by atoms with Crippen molar-refractivity contribution in [3.63, 3.8) is 0 Å². The summed E-state index contributed by atoms with van der Waals surface area (Å²) in [5.74, 6) is 1.87. The van der Waals surface area contributed by atoms with Gasteiger partial charge in [-0.25, -0.2) is 0 Å². The van der Waals surface area contributed by atoms with Gasteiger partial charge in [0.25, 0.3) is 0 Å². The summed E-state index contributed by atoms with van der Waals surface area (Å²) < 4.78 is 10.7. The molecule has 0 saturated carbocycles. The van der Waals surface area contributed by atoms with E-state index >= 15 is 0 Å². The van der Waals surface area contributed by atoms with Crippen LogP contribution in [0, 0.1) is 6.92 Å². The number of benzene rings is 1. The first kappa shape index (κ1) is 13.5. The number of rotatable bonds is 3. The number of methoxy groups -OCH3 is 2. The van der Waals surface area contributed by atoms with E-state index in [0.717, 1.165) is 25.9 Å². The first-order valence-corrected chi connectivity index (χ1v) is 6.68. The predicted molar refractivity (Wildman–Crippen MR) is 74.1 cm³/mol. The lowest BCUT2D eigenvalue weighted by Gasteiger charge is -2.26. The van der Waals surface area contributed by atoms with Gasteiger partial charge >= 0.3 is 0 Å². The summed E-state index contributed by atoms with van der Waals surface area (Å²) in [6.45, 7) is 4.19. The molecule has 0 atom stereocenters. The van der Waals surface area contributed by atoms with E-state index in [0.29, 0.717) is 22.4 Å². The number of nitrogens with one attached hydrogen (secondary N) is 1. The standard InChI is InChI=1S/C14H20ClNO2/c1-9-8-11(17-2)14(18-3)13(15)12(9)10-4-6-16-7-5-10/h8,10,16H,4-7H2,1-3H3. The molecule has 1 fully saturated rings. The van der Waals surface area contributed by atoms with Crippen LogP contribution in [0.3, 0.4) is 0 Å². The Morgan fingerprint density at radius 3 is 2.44 bits per heavy atom. The normalized spacial score (nSPS) is 16.7. The molecule has 0 aromatic heterocycles. The van der Waals surface area contributed by atoms with Gasteiger partial charge in [0.15, 0.2) is 11.5 Å².